The summed E-state index contributed by atoms with van der Waals surface area (Å²) in [5.74, 6) is 0.346. The van der Waals surface area contributed by atoms with E-state index in [4.69, 9.17) is 4.74 Å². The molecule has 1 aliphatic carbocycles. The van der Waals surface area contributed by atoms with Crippen molar-refractivity contribution >= 4 is 11.7 Å². The number of benzene rings is 2. The third-order valence-corrected chi connectivity index (χ3v) is 4.54. The van der Waals surface area contributed by atoms with E-state index in [1.165, 1.54) is 36.4 Å². The quantitative estimate of drug-likeness (QED) is 0.679. The molecule has 3 rings (SSSR count). The fraction of sp³-hybridized carbons (Fsp3) is 0.381. The molecule has 29 heavy (non-hydrogen) atoms. The van der Waals surface area contributed by atoms with Gasteiger partial charge in [-0.3, -0.25) is 0 Å². The average molecular weight is 408 g/mol. The Morgan fingerprint density at radius 2 is 1.55 bits per heavy atom. The summed E-state index contributed by atoms with van der Waals surface area (Å²) < 4.78 is 48.9. The Kier molecular flexibility index (Phi) is 6.51. The second-order valence-electron chi connectivity index (χ2n) is 7.08. The third kappa shape index (κ3) is 6.89. The molecule has 2 amide bonds. The Morgan fingerprint density at radius 1 is 0.966 bits per heavy atom. The van der Waals surface area contributed by atoms with Gasteiger partial charge in [-0.1, -0.05) is 0 Å². The number of hydrogen-bond acceptors (Lipinski definition) is 3. The fourth-order valence-corrected chi connectivity index (χ4v) is 3.20. The molecule has 1 aliphatic rings. The molecule has 2 aromatic rings. The second kappa shape index (κ2) is 9.07. The van der Waals surface area contributed by atoms with Gasteiger partial charge in [0.2, 0.25) is 0 Å². The molecule has 0 radical (unpaired) electrons. The molecule has 2 aromatic carbocycles. The van der Waals surface area contributed by atoms with E-state index in [0.29, 0.717) is 18.4 Å². The van der Waals surface area contributed by atoms with E-state index in [0.717, 1.165) is 25.7 Å². The number of alkyl halides is 2. The molecular formula is C21H23F3N2O3. The highest BCUT2D eigenvalue weighted by Crippen LogP contribution is 2.25. The normalized spacial score (nSPS) is 19.3. The zero-order valence-electron chi connectivity index (χ0n) is 16.0. The van der Waals surface area contributed by atoms with Crippen LogP contribution in [0.1, 0.15) is 32.6 Å². The zero-order valence-corrected chi connectivity index (χ0v) is 16.0. The van der Waals surface area contributed by atoms with Crippen LogP contribution in [0.25, 0.3) is 0 Å². The van der Waals surface area contributed by atoms with E-state index in [-0.39, 0.29) is 29.7 Å². The highest BCUT2D eigenvalue weighted by Gasteiger charge is 2.24. The second-order valence-corrected chi connectivity index (χ2v) is 7.08. The molecule has 2 N–H and O–H groups in total. The number of nitrogens with one attached hydrogen (secondary N) is 2. The van der Waals surface area contributed by atoms with Crippen molar-refractivity contribution in [3.63, 3.8) is 0 Å². The highest BCUT2D eigenvalue weighted by molar-refractivity contribution is 5.89. The number of ether oxygens (including phenoxy) is 2. The number of urea groups is 1. The first kappa shape index (κ1) is 20.8. The van der Waals surface area contributed by atoms with Crippen LogP contribution < -0.4 is 20.1 Å². The summed E-state index contributed by atoms with van der Waals surface area (Å²) in [6, 6.07) is 11.3. The topological polar surface area (TPSA) is 59.6 Å². The number of anilines is 1. The van der Waals surface area contributed by atoms with Crippen LogP contribution in [0.3, 0.4) is 0 Å². The number of amides is 2. The summed E-state index contributed by atoms with van der Waals surface area (Å²) in [4.78, 5) is 12.2. The van der Waals surface area contributed by atoms with Crippen LogP contribution in [0.4, 0.5) is 23.7 Å². The van der Waals surface area contributed by atoms with E-state index in [1.54, 1.807) is 12.1 Å². The lowest BCUT2D eigenvalue weighted by Gasteiger charge is -2.29. The summed E-state index contributed by atoms with van der Waals surface area (Å²) in [6.45, 7) is 0.659. The van der Waals surface area contributed by atoms with Crippen LogP contribution in [-0.2, 0) is 0 Å². The molecule has 0 heterocycles. The first-order valence-electron chi connectivity index (χ1n) is 9.43. The maximum Gasteiger partial charge on any atom is 0.394 e. The van der Waals surface area contributed by atoms with E-state index >= 15 is 0 Å². The number of hydrogen-bond donors (Lipinski definition) is 2. The molecule has 0 unspecified atom stereocenters. The van der Waals surface area contributed by atoms with Crippen LogP contribution in [0.2, 0.25) is 0 Å². The SMILES string of the molecule is CC(F)(F)Oc1ccc(NC(=O)N[C@H]2CC[C@H](Oc3ccc(F)cc3)CC2)cc1. The minimum absolute atomic E-state index is 0.0166. The third-order valence-electron chi connectivity index (χ3n) is 4.54. The van der Waals surface area contributed by atoms with Gasteiger partial charge in [0.25, 0.3) is 0 Å². The molecule has 0 bridgehead atoms. The Labute approximate surface area is 167 Å². The smallest absolute Gasteiger partial charge is 0.394 e. The van der Waals surface area contributed by atoms with Gasteiger partial charge in [0.15, 0.2) is 0 Å². The van der Waals surface area contributed by atoms with Crippen molar-refractivity contribution < 1.29 is 27.4 Å². The molecule has 0 aromatic heterocycles. The van der Waals surface area contributed by atoms with Crippen LogP contribution in [0.5, 0.6) is 11.5 Å². The van der Waals surface area contributed by atoms with Gasteiger partial charge in [0.1, 0.15) is 17.3 Å². The number of halogens is 3. The van der Waals surface area contributed by atoms with E-state index < -0.39 is 6.11 Å². The average Bonchev–Trinajstić information content (AvgIpc) is 2.66. The maximum absolute atomic E-state index is 12.9. The van der Waals surface area contributed by atoms with Gasteiger partial charge in [-0.25, -0.2) is 9.18 Å². The monoisotopic (exact) mass is 408 g/mol. The minimum Gasteiger partial charge on any atom is -0.490 e. The van der Waals surface area contributed by atoms with Gasteiger partial charge in [0, 0.05) is 18.7 Å². The Balaban J connectivity index is 1.41. The van der Waals surface area contributed by atoms with Gasteiger partial charge < -0.3 is 20.1 Å². The van der Waals surface area contributed by atoms with E-state index in [9.17, 15) is 18.0 Å². The highest BCUT2D eigenvalue weighted by atomic mass is 19.3. The summed E-state index contributed by atoms with van der Waals surface area (Å²) in [7, 11) is 0. The molecule has 0 spiro atoms. The first-order valence-corrected chi connectivity index (χ1v) is 9.43. The van der Waals surface area contributed by atoms with Crippen LogP contribution in [0, 0.1) is 5.82 Å². The molecule has 0 aliphatic heterocycles. The number of carbonyl (C=O) groups is 1. The fourth-order valence-electron chi connectivity index (χ4n) is 3.20. The lowest BCUT2D eigenvalue weighted by Crippen LogP contribution is -2.41. The lowest BCUT2D eigenvalue weighted by atomic mass is 9.93. The largest absolute Gasteiger partial charge is 0.490 e. The zero-order chi connectivity index (χ0) is 20.9. The Bertz CT molecular complexity index is 799. The van der Waals surface area contributed by atoms with Crippen molar-refractivity contribution in [2.45, 2.75) is 50.9 Å². The van der Waals surface area contributed by atoms with Crippen molar-refractivity contribution in [1.29, 1.82) is 0 Å². The molecule has 1 fully saturated rings. The predicted molar refractivity (Wildman–Crippen MR) is 103 cm³/mol. The van der Waals surface area contributed by atoms with Gasteiger partial charge in [0.05, 0.1) is 6.10 Å². The molecule has 5 nitrogen and oxygen atoms in total. The summed E-state index contributed by atoms with van der Waals surface area (Å²) in [5, 5.41) is 5.58. The molecular weight excluding hydrogens is 385 g/mol. The minimum atomic E-state index is -3.26. The van der Waals surface area contributed by atoms with Gasteiger partial charge in [-0.15, -0.1) is 0 Å². The van der Waals surface area contributed by atoms with Crippen molar-refractivity contribution in [1.82, 2.24) is 5.32 Å². The van der Waals surface area contributed by atoms with Gasteiger partial charge in [-0.2, -0.15) is 8.78 Å². The maximum atomic E-state index is 12.9. The molecule has 0 atom stereocenters. The standard InChI is InChI=1S/C21H23F3N2O3/c1-21(23,24)29-19-12-6-16(7-13-19)26-20(27)25-15-4-10-18(11-5-15)28-17-8-2-14(22)3-9-17/h2-3,6-9,12-13,15,18H,4-5,10-11H2,1H3,(H2,25,26,27)/t15-,18-. The Morgan fingerprint density at radius 3 is 2.14 bits per heavy atom. The van der Waals surface area contributed by atoms with Gasteiger partial charge >= 0.3 is 12.1 Å². The van der Waals surface area contributed by atoms with Crippen molar-refractivity contribution in [2.24, 2.45) is 0 Å². The Hall–Kier alpha value is -2.90. The van der Waals surface area contributed by atoms with Crippen molar-refractivity contribution in [2.75, 3.05) is 5.32 Å². The lowest BCUT2D eigenvalue weighted by molar-refractivity contribution is -0.158. The van der Waals surface area contributed by atoms with Crippen molar-refractivity contribution in [3.05, 3.63) is 54.3 Å². The van der Waals surface area contributed by atoms with E-state index in [1.807, 2.05) is 0 Å². The first-order chi connectivity index (χ1) is 13.8. The number of rotatable bonds is 6. The molecule has 8 heteroatoms. The molecule has 0 saturated heterocycles. The van der Waals surface area contributed by atoms with E-state index in [2.05, 4.69) is 15.4 Å². The molecule has 1 saturated carbocycles. The molecule has 156 valence electrons. The predicted octanol–water partition coefficient (Wildman–Crippen LogP) is 5.33. The van der Waals surface area contributed by atoms with Crippen molar-refractivity contribution in [3.8, 4) is 11.5 Å². The summed E-state index contributed by atoms with van der Waals surface area (Å²) in [5.41, 5.74) is 0.475. The van der Waals surface area contributed by atoms with Crippen LogP contribution in [-0.4, -0.2) is 24.3 Å². The number of carbonyl (C=O) groups excluding carboxylic acids is 1. The van der Waals surface area contributed by atoms with Crippen LogP contribution in [0.15, 0.2) is 48.5 Å². The summed E-state index contributed by atoms with van der Waals surface area (Å²) >= 11 is 0. The summed E-state index contributed by atoms with van der Waals surface area (Å²) in [6.07, 6.45) is -0.147. The van der Waals surface area contributed by atoms with Crippen LogP contribution >= 0.6 is 0 Å². The van der Waals surface area contributed by atoms with Gasteiger partial charge in [-0.05, 0) is 74.2 Å².